The van der Waals surface area contributed by atoms with Gasteiger partial charge in [0.2, 0.25) is 0 Å². The Hall–Kier alpha value is -1.75. The molecule has 1 aromatic carbocycles. The minimum Gasteiger partial charge on any atom is -0.490 e. The topological polar surface area (TPSA) is 70.6 Å². The van der Waals surface area contributed by atoms with Crippen LogP contribution in [0.2, 0.25) is 0 Å². The molecule has 2 rings (SSSR count). The fraction of sp³-hybridized carbons (Fsp3) is 0.533. The molecule has 5 heteroatoms. The zero-order chi connectivity index (χ0) is 14.5. The highest BCUT2D eigenvalue weighted by Gasteiger charge is 2.18. The lowest BCUT2D eigenvalue weighted by molar-refractivity contribution is -0.139. The van der Waals surface area contributed by atoms with Crippen LogP contribution in [-0.4, -0.2) is 36.3 Å². The van der Waals surface area contributed by atoms with Crippen molar-refractivity contribution in [2.24, 2.45) is 0 Å². The SMILES string of the molecule is CCC(NC(C)Cc1ccc2c(c1)NCCO2)C(=O)O. The van der Waals surface area contributed by atoms with Gasteiger partial charge < -0.3 is 20.5 Å². The van der Waals surface area contributed by atoms with E-state index in [1.165, 1.54) is 5.56 Å². The van der Waals surface area contributed by atoms with E-state index in [1.807, 2.05) is 26.0 Å². The lowest BCUT2D eigenvalue weighted by Gasteiger charge is -2.22. The van der Waals surface area contributed by atoms with E-state index >= 15 is 0 Å². The Morgan fingerprint density at radius 1 is 1.55 bits per heavy atom. The average Bonchev–Trinajstić information content (AvgIpc) is 2.44. The van der Waals surface area contributed by atoms with E-state index in [-0.39, 0.29) is 6.04 Å². The number of nitrogens with one attached hydrogen (secondary N) is 2. The number of fused-ring (bicyclic) bond motifs is 1. The fourth-order valence-corrected chi connectivity index (χ4v) is 2.43. The van der Waals surface area contributed by atoms with E-state index in [9.17, 15) is 4.79 Å². The van der Waals surface area contributed by atoms with Crippen LogP contribution in [0, 0.1) is 0 Å². The summed E-state index contributed by atoms with van der Waals surface area (Å²) in [5, 5.41) is 15.5. The van der Waals surface area contributed by atoms with Gasteiger partial charge in [-0.05, 0) is 37.5 Å². The molecule has 0 aromatic heterocycles. The van der Waals surface area contributed by atoms with Gasteiger partial charge in [0.15, 0.2) is 0 Å². The molecule has 0 radical (unpaired) electrons. The molecule has 5 nitrogen and oxygen atoms in total. The molecule has 110 valence electrons. The number of carboxylic acid groups (broad SMARTS) is 1. The Bertz CT molecular complexity index is 476. The maximum atomic E-state index is 11.0. The minimum atomic E-state index is -0.792. The van der Waals surface area contributed by atoms with E-state index in [0.29, 0.717) is 13.0 Å². The molecule has 0 bridgehead atoms. The van der Waals surface area contributed by atoms with E-state index in [0.717, 1.165) is 24.4 Å². The summed E-state index contributed by atoms with van der Waals surface area (Å²) in [5.41, 5.74) is 2.19. The zero-order valence-electron chi connectivity index (χ0n) is 12.0. The van der Waals surface area contributed by atoms with Crippen molar-refractivity contribution in [2.45, 2.75) is 38.8 Å². The van der Waals surface area contributed by atoms with Crippen LogP contribution in [0.25, 0.3) is 0 Å². The molecule has 1 aromatic rings. The molecule has 20 heavy (non-hydrogen) atoms. The molecular formula is C15H22N2O3. The van der Waals surface area contributed by atoms with Crippen LogP contribution < -0.4 is 15.4 Å². The number of carboxylic acids is 1. The molecule has 0 amide bonds. The number of anilines is 1. The molecule has 0 saturated heterocycles. The summed E-state index contributed by atoms with van der Waals surface area (Å²) in [5.74, 6) is 0.0949. The van der Waals surface area contributed by atoms with Gasteiger partial charge in [-0.15, -0.1) is 0 Å². The Morgan fingerprint density at radius 2 is 2.35 bits per heavy atom. The maximum absolute atomic E-state index is 11.0. The predicted octanol–water partition coefficient (Wildman–Crippen LogP) is 1.87. The third kappa shape index (κ3) is 3.63. The van der Waals surface area contributed by atoms with Crippen molar-refractivity contribution >= 4 is 11.7 Å². The van der Waals surface area contributed by atoms with E-state index in [1.54, 1.807) is 0 Å². The predicted molar refractivity (Wildman–Crippen MR) is 78.4 cm³/mol. The number of hydrogen-bond donors (Lipinski definition) is 3. The standard InChI is InChI=1S/C15H22N2O3/c1-3-12(15(18)19)17-10(2)8-11-4-5-14-13(9-11)16-6-7-20-14/h4-5,9-10,12,16-17H,3,6-8H2,1-2H3,(H,18,19). The molecular weight excluding hydrogens is 256 g/mol. The molecule has 1 heterocycles. The van der Waals surface area contributed by atoms with Crippen LogP contribution in [0.15, 0.2) is 18.2 Å². The monoisotopic (exact) mass is 278 g/mol. The molecule has 3 N–H and O–H groups in total. The van der Waals surface area contributed by atoms with Crippen LogP contribution in [0.4, 0.5) is 5.69 Å². The average molecular weight is 278 g/mol. The molecule has 0 fully saturated rings. The van der Waals surface area contributed by atoms with Crippen molar-refractivity contribution < 1.29 is 14.6 Å². The molecule has 0 spiro atoms. The number of ether oxygens (including phenoxy) is 1. The zero-order valence-corrected chi connectivity index (χ0v) is 12.0. The Labute approximate surface area is 119 Å². The van der Waals surface area contributed by atoms with Crippen LogP contribution in [0.5, 0.6) is 5.75 Å². The van der Waals surface area contributed by atoms with Gasteiger partial charge in [-0.25, -0.2) is 0 Å². The molecule has 1 aliphatic rings. The minimum absolute atomic E-state index is 0.110. The van der Waals surface area contributed by atoms with E-state index in [2.05, 4.69) is 16.7 Å². The smallest absolute Gasteiger partial charge is 0.320 e. The normalized spacial score (nSPS) is 16.5. The van der Waals surface area contributed by atoms with Gasteiger partial charge in [0.25, 0.3) is 0 Å². The van der Waals surface area contributed by atoms with Crippen molar-refractivity contribution in [3.05, 3.63) is 23.8 Å². The van der Waals surface area contributed by atoms with Gasteiger partial charge >= 0.3 is 5.97 Å². The second-order valence-corrected chi connectivity index (χ2v) is 5.18. The first kappa shape index (κ1) is 14.7. The van der Waals surface area contributed by atoms with Crippen LogP contribution in [0.3, 0.4) is 0 Å². The van der Waals surface area contributed by atoms with Gasteiger partial charge in [0.05, 0.1) is 5.69 Å². The van der Waals surface area contributed by atoms with E-state index in [4.69, 9.17) is 9.84 Å². The number of aliphatic carboxylic acids is 1. The molecule has 0 aliphatic carbocycles. The molecule has 2 unspecified atom stereocenters. The van der Waals surface area contributed by atoms with Gasteiger partial charge in [-0.1, -0.05) is 13.0 Å². The molecule has 1 aliphatic heterocycles. The van der Waals surface area contributed by atoms with Gasteiger partial charge in [-0.3, -0.25) is 4.79 Å². The van der Waals surface area contributed by atoms with Gasteiger partial charge in [-0.2, -0.15) is 0 Å². The summed E-state index contributed by atoms with van der Waals surface area (Å²) in [6.07, 6.45) is 1.37. The first-order valence-electron chi connectivity index (χ1n) is 7.08. The second kappa shape index (κ2) is 6.61. The van der Waals surface area contributed by atoms with Crippen LogP contribution in [-0.2, 0) is 11.2 Å². The Morgan fingerprint density at radius 3 is 3.05 bits per heavy atom. The number of carbonyl (C=O) groups is 1. The maximum Gasteiger partial charge on any atom is 0.320 e. The van der Waals surface area contributed by atoms with Gasteiger partial charge in [0.1, 0.15) is 18.4 Å². The molecule has 0 saturated carbocycles. The third-order valence-corrected chi connectivity index (χ3v) is 3.45. The van der Waals surface area contributed by atoms with Crippen molar-refractivity contribution in [3.8, 4) is 5.75 Å². The highest BCUT2D eigenvalue weighted by atomic mass is 16.5. The highest BCUT2D eigenvalue weighted by Crippen LogP contribution is 2.28. The summed E-state index contributed by atoms with van der Waals surface area (Å²) >= 11 is 0. The Balaban J connectivity index is 1.97. The lowest BCUT2D eigenvalue weighted by atomic mass is 10.0. The van der Waals surface area contributed by atoms with Crippen molar-refractivity contribution in [2.75, 3.05) is 18.5 Å². The number of rotatable bonds is 6. The summed E-state index contributed by atoms with van der Waals surface area (Å²) in [4.78, 5) is 11.0. The quantitative estimate of drug-likeness (QED) is 0.741. The van der Waals surface area contributed by atoms with Crippen molar-refractivity contribution in [1.82, 2.24) is 5.32 Å². The van der Waals surface area contributed by atoms with Crippen molar-refractivity contribution in [1.29, 1.82) is 0 Å². The largest absolute Gasteiger partial charge is 0.490 e. The number of hydrogen-bond acceptors (Lipinski definition) is 4. The highest BCUT2D eigenvalue weighted by molar-refractivity contribution is 5.73. The lowest BCUT2D eigenvalue weighted by Crippen LogP contribution is -2.42. The third-order valence-electron chi connectivity index (χ3n) is 3.45. The number of benzene rings is 1. The van der Waals surface area contributed by atoms with Crippen LogP contribution in [0.1, 0.15) is 25.8 Å². The first-order valence-corrected chi connectivity index (χ1v) is 7.08. The first-order chi connectivity index (χ1) is 9.60. The second-order valence-electron chi connectivity index (χ2n) is 5.18. The summed E-state index contributed by atoms with van der Waals surface area (Å²) < 4.78 is 5.54. The fourth-order valence-electron chi connectivity index (χ4n) is 2.43. The van der Waals surface area contributed by atoms with Crippen LogP contribution >= 0.6 is 0 Å². The summed E-state index contributed by atoms with van der Waals surface area (Å²) in [6, 6.07) is 5.71. The van der Waals surface area contributed by atoms with Gasteiger partial charge in [0, 0.05) is 12.6 Å². The van der Waals surface area contributed by atoms with E-state index < -0.39 is 12.0 Å². The van der Waals surface area contributed by atoms with Crippen molar-refractivity contribution in [3.63, 3.8) is 0 Å². The summed E-state index contributed by atoms with van der Waals surface area (Å²) in [6.45, 7) is 5.40. The molecule has 2 atom stereocenters. The summed E-state index contributed by atoms with van der Waals surface area (Å²) in [7, 11) is 0. The Kier molecular flexibility index (Phi) is 4.84.